The van der Waals surface area contributed by atoms with Crippen LogP contribution in [0.1, 0.15) is 47.7 Å². The maximum absolute atomic E-state index is 14.4. The van der Waals surface area contributed by atoms with Crippen molar-refractivity contribution in [2.45, 2.75) is 30.6 Å². The lowest BCUT2D eigenvalue weighted by Gasteiger charge is -2.19. The molecule has 0 spiro atoms. The molecule has 1 aliphatic carbocycles. The van der Waals surface area contributed by atoms with Crippen LogP contribution in [-0.2, 0) is 4.79 Å². The molecule has 1 aromatic heterocycles. The van der Waals surface area contributed by atoms with Gasteiger partial charge in [0, 0.05) is 30.1 Å². The SMILES string of the molecule is N#Cc1ccc(/C(F)=C/c2ccc(F)c(C3N=C(N)SC4C[C@H]43)c2)nc1.O=CN1CCCC1. The van der Waals surface area contributed by atoms with E-state index in [1.807, 2.05) is 6.07 Å². The molecule has 0 radical (unpaired) electrons. The summed E-state index contributed by atoms with van der Waals surface area (Å²) in [6, 6.07) is 9.01. The molecule has 2 aromatic rings. The monoisotopic (exact) mass is 467 g/mol. The number of nitrogens with two attached hydrogens (primary N) is 1. The van der Waals surface area contributed by atoms with E-state index in [2.05, 4.69) is 9.98 Å². The van der Waals surface area contributed by atoms with Gasteiger partial charge in [0.05, 0.1) is 17.3 Å². The Morgan fingerprint density at radius 1 is 1.27 bits per heavy atom. The number of nitrogens with zero attached hydrogens (tertiary/aromatic N) is 4. The summed E-state index contributed by atoms with van der Waals surface area (Å²) in [5.74, 6) is -0.636. The first-order valence-electron chi connectivity index (χ1n) is 10.7. The Hall–Kier alpha value is -3.25. The van der Waals surface area contributed by atoms with Crippen LogP contribution in [0.25, 0.3) is 11.9 Å². The fourth-order valence-corrected chi connectivity index (χ4v) is 5.05. The zero-order chi connectivity index (χ0) is 23.4. The molecule has 3 heterocycles. The second-order valence-corrected chi connectivity index (χ2v) is 9.39. The number of aliphatic imine (C=N–C) groups is 1. The maximum atomic E-state index is 14.4. The van der Waals surface area contributed by atoms with E-state index in [0.717, 1.165) is 25.9 Å². The zero-order valence-corrected chi connectivity index (χ0v) is 18.6. The van der Waals surface area contributed by atoms with E-state index in [9.17, 15) is 13.6 Å². The van der Waals surface area contributed by atoms with Crippen LogP contribution >= 0.6 is 11.8 Å². The van der Waals surface area contributed by atoms with Crippen LogP contribution in [0.4, 0.5) is 8.78 Å². The normalized spacial score (nSPS) is 23.5. The summed E-state index contributed by atoms with van der Waals surface area (Å²) in [6.45, 7) is 1.95. The maximum Gasteiger partial charge on any atom is 0.209 e. The van der Waals surface area contributed by atoms with Gasteiger partial charge in [0.25, 0.3) is 0 Å². The van der Waals surface area contributed by atoms with Crippen LogP contribution in [0.15, 0.2) is 41.5 Å². The number of thioether (sulfide) groups is 1. The minimum atomic E-state index is -0.557. The average Bonchev–Trinajstić information content (AvgIpc) is 3.40. The number of nitriles is 1. The molecule has 2 fully saturated rings. The standard InChI is InChI=1S/C19H14F2N4S.C5H9NO/c20-14-3-1-10(6-15(21)16-4-2-11(8-22)9-24-16)5-12(14)18-13-7-17(13)26-19(23)25-18;7-5-6-3-1-2-4-6/h1-6,9,13,17-18H,7H2,(H2,23,25);5H,1-4H2/b15-6-;/t13-,17?,18?;/m1./s1. The Bertz CT molecular complexity index is 1120. The van der Waals surface area contributed by atoms with Gasteiger partial charge in [0.2, 0.25) is 6.41 Å². The van der Waals surface area contributed by atoms with Gasteiger partial charge in [-0.15, -0.1) is 0 Å². The summed E-state index contributed by atoms with van der Waals surface area (Å²) in [4.78, 5) is 20.1. The number of amides is 1. The molecule has 3 atom stereocenters. The molecular weight excluding hydrogens is 444 g/mol. The van der Waals surface area contributed by atoms with Crippen LogP contribution in [0.5, 0.6) is 0 Å². The highest BCUT2D eigenvalue weighted by molar-refractivity contribution is 8.14. The average molecular weight is 468 g/mol. The van der Waals surface area contributed by atoms with Crippen molar-refractivity contribution in [3.8, 4) is 6.07 Å². The van der Waals surface area contributed by atoms with Gasteiger partial charge in [-0.25, -0.2) is 8.78 Å². The molecular formula is C24H23F2N5OS. The Balaban J connectivity index is 0.000000318. The number of amidine groups is 1. The molecule has 0 bridgehead atoms. The van der Waals surface area contributed by atoms with Gasteiger partial charge < -0.3 is 10.6 Å². The van der Waals surface area contributed by atoms with Crippen molar-refractivity contribution in [3.05, 3.63) is 64.7 Å². The summed E-state index contributed by atoms with van der Waals surface area (Å²) < 4.78 is 28.8. The number of halogens is 2. The number of aromatic nitrogens is 1. The molecule has 2 unspecified atom stereocenters. The van der Waals surface area contributed by atoms with E-state index in [1.165, 1.54) is 61.1 Å². The number of hydrogen-bond acceptors (Lipinski definition) is 6. The number of carbonyl (C=O) groups is 1. The first kappa shape index (κ1) is 22.9. The molecule has 170 valence electrons. The lowest BCUT2D eigenvalue weighted by Crippen LogP contribution is -2.17. The number of carbonyl (C=O) groups excluding carboxylic acids is 1. The minimum Gasteiger partial charge on any atom is -0.379 e. The quantitative estimate of drug-likeness (QED) is 0.677. The summed E-state index contributed by atoms with van der Waals surface area (Å²) in [6.07, 6.45) is 6.88. The van der Waals surface area contributed by atoms with Crippen molar-refractivity contribution >= 4 is 35.2 Å². The van der Waals surface area contributed by atoms with Crippen LogP contribution in [0, 0.1) is 23.1 Å². The summed E-state index contributed by atoms with van der Waals surface area (Å²) >= 11 is 1.54. The molecule has 1 amide bonds. The fourth-order valence-electron chi connectivity index (χ4n) is 3.92. The second-order valence-electron chi connectivity index (χ2n) is 8.13. The predicted molar refractivity (Wildman–Crippen MR) is 125 cm³/mol. The number of benzene rings is 1. The summed E-state index contributed by atoms with van der Waals surface area (Å²) in [7, 11) is 0. The third kappa shape index (κ3) is 5.57. The Morgan fingerprint density at radius 3 is 2.70 bits per heavy atom. The Kier molecular flexibility index (Phi) is 7.04. The van der Waals surface area contributed by atoms with Gasteiger partial charge in [-0.3, -0.25) is 14.8 Å². The summed E-state index contributed by atoms with van der Waals surface area (Å²) in [5, 5.41) is 9.64. The summed E-state index contributed by atoms with van der Waals surface area (Å²) in [5.41, 5.74) is 7.27. The van der Waals surface area contributed by atoms with Crippen molar-refractivity contribution in [1.29, 1.82) is 5.26 Å². The van der Waals surface area contributed by atoms with Crippen molar-refractivity contribution in [2.24, 2.45) is 16.6 Å². The van der Waals surface area contributed by atoms with Gasteiger partial charge in [0.1, 0.15) is 17.7 Å². The third-order valence-electron chi connectivity index (χ3n) is 5.78. The fraction of sp³-hybridized carbons (Fsp3) is 0.333. The van der Waals surface area contributed by atoms with Crippen LogP contribution in [0.3, 0.4) is 0 Å². The van der Waals surface area contributed by atoms with E-state index in [4.69, 9.17) is 11.0 Å². The Labute approximate surface area is 195 Å². The third-order valence-corrected chi connectivity index (χ3v) is 6.97. The number of hydrogen-bond donors (Lipinski definition) is 1. The van der Waals surface area contributed by atoms with E-state index in [1.54, 1.807) is 11.0 Å². The Morgan fingerprint density at radius 2 is 2.06 bits per heavy atom. The van der Waals surface area contributed by atoms with Gasteiger partial charge >= 0.3 is 0 Å². The largest absolute Gasteiger partial charge is 0.379 e. The highest BCUT2D eigenvalue weighted by Crippen LogP contribution is 2.54. The molecule has 3 aliphatic rings. The van der Waals surface area contributed by atoms with E-state index in [-0.39, 0.29) is 23.5 Å². The van der Waals surface area contributed by atoms with Gasteiger partial charge in [0.15, 0.2) is 5.17 Å². The molecule has 33 heavy (non-hydrogen) atoms. The lowest BCUT2D eigenvalue weighted by atomic mass is 9.99. The van der Waals surface area contributed by atoms with E-state index in [0.29, 0.717) is 27.1 Å². The molecule has 2 N–H and O–H groups in total. The first-order chi connectivity index (χ1) is 16.0. The molecule has 1 aromatic carbocycles. The van der Waals surface area contributed by atoms with E-state index < -0.39 is 5.83 Å². The van der Waals surface area contributed by atoms with Crippen molar-refractivity contribution in [2.75, 3.05) is 13.1 Å². The number of likely N-dealkylation sites (tertiary alicyclic amines) is 1. The highest BCUT2D eigenvalue weighted by atomic mass is 32.2. The van der Waals surface area contributed by atoms with Crippen molar-refractivity contribution < 1.29 is 13.6 Å². The number of rotatable bonds is 4. The molecule has 6 nitrogen and oxygen atoms in total. The minimum absolute atomic E-state index is 0.119. The molecule has 2 aliphatic heterocycles. The van der Waals surface area contributed by atoms with Crippen LogP contribution < -0.4 is 5.73 Å². The van der Waals surface area contributed by atoms with Gasteiger partial charge in [-0.05, 0) is 61.1 Å². The first-order valence-corrected chi connectivity index (χ1v) is 11.6. The smallest absolute Gasteiger partial charge is 0.209 e. The highest BCUT2D eigenvalue weighted by Gasteiger charge is 2.48. The molecule has 5 rings (SSSR count). The van der Waals surface area contributed by atoms with Gasteiger partial charge in [-0.1, -0.05) is 17.8 Å². The number of fused-ring (bicyclic) bond motifs is 1. The van der Waals surface area contributed by atoms with Crippen LogP contribution in [0.2, 0.25) is 0 Å². The molecule has 1 saturated carbocycles. The predicted octanol–water partition coefficient (Wildman–Crippen LogP) is 4.29. The number of pyridine rings is 1. The van der Waals surface area contributed by atoms with Crippen molar-refractivity contribution in [1.82, 2.24) is 9.88 Å². The van der Waals surface area contributed by atoms with Crippen molar-refractivity contribution in [3.63, 3.8) is 0 Å². The van der Waals surface area contributed by atoms with E-state index >= 15 is 0 Å². The second kappa shape index (κ2) is 10.1. The molecule has 9 heteroatoms. The van der Waals surface area contributed by atoms with Gasteiger partial charge in [-0.2, -0.15) is 5.26 Å². The lowest BCUT2D eigenvalue weighted by molar-refractivity contribution is -0.117. The van der Waals surface area contributed by atoms with Crippen LogP contribution in [-0.4, -0.2) is 39.8 Å². The zero-order valence-electron chi connectivity index (χ0n) is 17.8. The molecule has 1 saturated heterocycles. The topological polar surface area (TPSA) is 95.4 Å².